The van der Waals surface area contributed by atoms with Crippen molar-refractivity contribution in [2.24, 2.45) is 0 Å². The van der Waals surface area contributed by atoms with Gasteiger partial charge in [-0.25, -0.2) is 0 Å². The van der Waals surface area contributed by atoms with Gasteiger partial charge in [-0.15, -0.1) is 0 Å². The molecule has 0 aliphatic carbocycles. The normalized spacial score (nSPS) is 13.9. The van der Waals surface area contributed by atoms with Gasteiger partial charge in [-0.1, -0.05) is 148 Å². The zero-order valence-corrected chi connectivity index (χ0v) is 23.9. The summed E-state index contributed by atoms with van der Waals surface area (Å²) >= 11 is -2.33. The van der Waals surface area contributed by atoms with E-state index in [0.29, 0.717) is 6.42 Å². The molecule has 0 aromatic carbocycles. The SMILES string of the molecule is C=CC(=O)NC(C)(CCCCCCCCCCCCCCCCCCCCCCC)COS(=O)O. The Kier molecular flexibility index (Phi) is 24.4. The quantitative estimate of drug-likeness (QED) is 0.0651. The lowest BCUT2D eigenvalue weighted by molar-refractivity contribution is -0.118. The van der Waals surface area contributed by atoms with Crippen molar-refractivity contribution < 1.29 is 17.7 Å². The van der Waals surface area contributed by atoms with Crippen molar-refractivity contribution in [3.8, 4) is 0 Å². The van der Waals surface area contributed by atoms with Crippen LogP contribution in [0.4, 0.5) is 0 Å². The van der Waals surface area contributed by atoms with E-state index >= 15 is 0 Å². The molecule has 35 heavy (non-hydrogen) atoms. The summed E-state index contributed by atoms with van der Waals surface area (Å²) in [5, 5.41) is 2.83. The Labute approximate surface area is 220 Å². The third kappa shape index (κ3) is 24.7. The van der Waals surface area contributed by atoms with Crippen LogP contribution in [0, 0.1) is 0 Å². The molecule has 208 valence electrons. The highest BCUT2D eigenvalue weighted by atomic mass is 32.2. The zero-order chi connectivity index (χ0) is 26.0. The molecular formula is C29H57NO4S. The summed E-state index contributed by atoms with van der Waals surface area (Å²) in [7, 11) is 0. The summed E-state index contributed by atoms with van der Waals surface area (Å²) in [6.45, 7) is 7.60. The largest absolute Gasteiger partial charge is 0.345 e. The van der Waals surface area contributed by atoms with Gasteiger partial charge in [0, 0.05) is 0 Å². The van der Waals surface area contributed by atoms with E-state index in [4.69, 9.17) is 8.74 Å². The minimum atomic E-state index is -2.33. The van der Waals surface area contributed by atoms with Gasteiger partial charge >= 0.3 is 11.4 Å². The molecule has 0 rings (SSSR count). The topological polar surface area (TPSA) is 75.6 Å². The van der Waals surface area contributed by atoms with Crippen LogP contribution in [-0.4, -0.2) is 26.8 Å². The highest BCUT2D eigenvalue weighted by Gasteiger charge is 2.26. The van der Waals surface area contributed by atoms with E-state index in [1.54, 1.807) is 0 Å². The van der Waals surface area contributed by atoms with Crippen molar-refractivity contribution in [3.05, 3.63) is 12.7 Å². The van der Waals surface area contributed by atoms with Gasteiger partial charge in [-0.3, -0.25) is 13.5 Å². The minimum absolute atomic E-state index is 0.00881. The molecule has 2 unspecified atom stereocenters. The second kappa shape index (κ2) is 25.0. The van der Waals surface area contributed by atoms with E-state index < -0.39 is 16.9 Å². The maximum absolute atomic E-state index is 11.7. The first-order valence-electron chi connectivity index (χ1n) is 14.6. The molecule has 0 saturated heterocycles. The second-order valence-corrected chi connectivity index (χ2v) is 11.2. The van der Waals surface area contributed by atoms with Crippen LogP contribution in [0.5, 0.6) is 0 Å². The maximum atomic E-state index is 11.7. The molecule has 0 heterocycles. The first kappa shape index (κ1) is 34.3. The number of nitrogens with one attached hydrogen (secondary N) is 1. The molecule has 2 atom stereocenters. The van der Waals surface area contributed by atoms with E-state index in [1.807, 2.05) is 6.92 Å². The van der Waals surface area contributed by atoms with E-state index in [9.17, 15) is 9.00 Å². The third-order valence-electron chi connectivity index (χ3n) is 6.92. The number of carbonyl (C=O) groups excluding carboxylic acids is 1. The lowest BCUT2D eigenvalue weighted by Crippen LogP contribution is -2.49. The number of carbonyl (C=O) groups is 1. The lowest BCUT2D eigenvalue weighted by Gasteiger charge is -2.29. The summed E-state index contributed by atoms with van der Waals surface area (Å²) in [6.07, 6.45) is 30.3. The van der Waals surface area contributed by atoms with Crippen LogP contribution in [0.15, 0.2) is 12.7 Å². The van der Waals surface area contributed by atoms with Crippen LogP contribution in [0.1, 0.15) is 155 Å². The lowest BCUT2D eigenvalue weighted by atomic mass is 9.94. The molecule has 0 aromatic heterocycles. The highest BCUT2D eigenvalue weighted by Crippen LogP contribution is 2.18. The molecule has 0 fully saturated rings. The van der Waals surface area contributed by atoms with Crippen molar-refractivity contribution in [1.82, 2.24) is 5.32 Å². The van der Waals surface area contributed by atoms with Crippen LogP contribution in [0.2, 0.25) is 0 Å². The second-order valence-electron chi connectivity index (χ2n) is 10.6. The van der Waals surface area contributed by atoms with Crippen LogP contribution in [-0.2, 0) is 20.3 Å². The number of hydrogen-bond donors (Lipinski definition) is 2. The van der Waals surface area contributed by atoms with Gasteiger partial charge < -0.3 is 5.32 Å². The monoisotopic (exact) mass is 515 g/mol. The summed E-state index contributed by atoms with van der Waals surface area (Å²) in [5.74, 6) is -0.289. The Balaban J connectivity index is 3.47. The van der Waals surface area contributed by atoms with E-state index in [2.05, 4.69) is 18.8 Å². The Morgan fingerprint density at radius 3 is 1.43 bits per heavy atom. The Bertz CT molecular complexity index is 529. The molecule has 0 radical (unpaired) electrons. The Hall–Kier alpha value is -0.720. The molecule has 0 saturated carbocycles. The van der Waals surface area contributed by atoms with Gasteiger partial charge in [0.1, 0.15) is 0 Å². The fraction of sp³-hybridized carbons (Fsp3) is 0.897. The van der Waals surface area contributed by atoms with Crippen molar-refractivity contribution in [2.45, 2.75) is 161 Å². The van der Waals surface area contributed by atoms with Gasteiger partial charge in [-0.2, -0.15) is 4.21 Å². The fourth-order valence-corrected chi connectivity index (χ4v) is 5.01. The molecule has 0 spiro atoms. The maximum Gasteiger partial charge on any atom is 0.301 e. The number of unbranched alkanes of at least 4 members (excludes halogenated alkanes) is 20. The standard InChI is InChI=1S/C29H57NO4S/c1-4-6-7-8-9-10-11-12-13-14-15-16-17-18-19-20-21-22-23-24-25-26-29(3,27-34-35(32)33)30-28(31)5-2/h5H,2,4,6-27H2,1,3H3,(H,30,31)(H,32,33). The molecule has 5 nitrogen and oxygen atoms in total. The van der Waals surface area contributed by atoms with Gasteiger partial charge in [0.25, 0.3) is 0 Å². The average Bonchev–Trinajstić information content (AvgIpc) is 2.83. The summed E-state index contributed by atoms with van der Waals surface area (Å²) in [4.78, 5) is 11.7. The zero-order valence-electron chi connectivity index (χ0n) is 23.1. The average molecular weight is 516 g/mol. The predicted octanol–water partition coefficient (Wildman–Crippen LogP) is 8.80. The summed E-state index contributed by atoms with van der Waals surface area (Å²) < 4.78 is 24.5. The number of amides is 1. The minimum Gasteiger partial charge on any atom is -0.345 e. The van der Waals surface area contributed by atoms with Crippen molar-refractivity contribution in [1.29, 1.82) is 0 Å². The van der Waals surface area contributed by atoms with E-state index in [-0.39, 0.29) is 12.5 Å². The summed E-state index contributed by atoms with van der Waals surface area (Å²) in [6, 6.07) is 0. The van der Waals surface area contributed by atoms with Gasteiger partial charge in [0.05, 0.1) is 12.1 Å². The highest BCUT2D eigenvalue weighted by molar-refractivity contribution is 7.74. The number of hydrogen-bond acceptors (Lipinski definition) is 3. The predicted molar refractivity (Wildman–Crippen MR) is 151 cm³/mol. The van der Waals surface area contributed by atoms with E-state index in [0.717, 1.165) is 12.8 Å². The Morgan fingerprint density at radius 1 is 0.771 bits per heavy atom. The molecule has 1 amide bonds. The summed E-state index contributed by atoms with van der Waals surface area (Å²) in [5.41, 5.74) is -0.655. The van der Waals surface area contributed by atoms with Gasteiger partial charge in [-0.05, 0) is 19.4 Å². The van der Waals surface area contributed by atoms with Crippen LogP contribution < -0.4 is 5.32 Å². The molecule has 0 aliphatic rings. The molecule has 2 N–H and O–H groups in total. The van der Waals surface area contributed by atoms with Crippen molar-refractivity contribution in [2.75, 3.05) is 6.61 Å². The Morgan fingerprint density at radius 2 is 1.11 bits per heavy atom. The van der Waals surface area contributed by atoms with Gasteiger partial charge in [0.15, 0.2) is 0 Å². The molecule has 0 bridgehead atoms. The van der Waals surface area contributed by atoms with Gasteiger partial charge in [0.2, 0.25) is 5.91 Å². The van der Waals surface area contributed by atoms with Crippen molar-refractivity contribution in [3.63, 3.8) is 0 Å². The van der Waals surface area contributed by atoms with Crippen LogP contribution >= 0.6 is 0 Å². The molecule has 0 aliphatic heterocycles. The smallest absolute Gasteiger partial charge is 0.301 e. The molecule has 6 heteroatoms. The fourth-order valence-electron chi connectivity index (χ4n) is 4.65. The van der Waals surface area contributed by atoms with Crippen LogP contribution in [0.3, 0.4) is 0 Å². The van der Waals surface area contributed by atoms with E-state index in [1.165, 1.54) is 128 Å². The number of rotatable bonds is 27. The first-order valence-corrected chi connectivity index (χ1v) is 15.7. The van der Waals surface area contributed by atoms with Crippen molar-refractivity contribution >= 4 is 17.3 Å². The molecular weight excluding hydrogens is 458 g/mol. The molecule has 0 aromatic rings. The first-order chi connectivity index (χ1) is 16.9. The van der Waals surface area contributed by atoms with Crippen LogP contribution in [0.25, 0.3) is 0 Å². The third-order valence-corrected chi connectivity index (χ3v) is 7.24.